The summed E-state index contributed by atoms with van der Waals surface area (Å²) in [7, 11) is 0. The van der Waals surface area contributed by atoms with Crippen LogP contribution in [0, 0.1) is 25.2 Å². The van der Waals surface area contributed by atoms with Gasteiger partial charge in [0, 0.05) is 17.3 Å². The Morgan fingerprint density at radius 3 is 2.48 bits per heavy atom. The number of carbonyl (C=O) groups is 1. The van der Waals surface area contributed by atoms with E-state index in [0.29, 0.717) is 17.7 Å². The van der Waals surface area contributed by atoms with E-state index in [9.17, 15) is 9.90 Å². The van der Waals surface area contributed by atoms with E-state index in [1.807, 2.05) is 43.6 Å². The van der Waals surface area contributed by atoms with Crippen molar-refractivity contribution in [1.82, 2.24) is 15.0 Å². The number of nitrogens with one attached hydrogen (secondary N) is 2. The summed E-state index contributed by atoms with van der Waals surface area (Å²) < 4.78 is 0. The zero-order valence-corrected chi connectivity index (χ0v) is 19.9. The van der Waals surface area contributed by atoms with E-state index in [0.717, 1.165) is 37.8 Å². The van der Waals surface area contributed by atoms with E-state index in [4.69, 9.17) is 5.26 Å². The molecule has 0 saturated carbocycles. The van der Waals surface area contributed by atoms with Crippen molar-refractivity contribution in [2.24, 2.45) is 0 Å². The van der Waals surface area contributed by atoms with E-state index < -0.39 is 6.10 Å². The maximum Gasteiger partial charge on any atom is 0.211 e. The summed E-state index contributed by atoms with van der Waals surface area (Å²) in [5.74, 6) is 0.775. The Morgan fingerprint density at radius 2 is 1.91 bits per heavy atom. The molecule has 3 aromatic heterocycles. The third-order valence-electron chi connectivity index (χ3n) is 4.29. The van der Waals surface area contributed by atoms with Gasteiger partial charge in [-0.05, 0) is 56.7 Å². The van der Waals surface area contributed by atoms with Crippen LogP contribution < -0.4 is 10.6 Å². The molecule has 33 heavy (non-hydrogen) atoms. The Hall–Kier alpha value is -3.65. The van der Waals surface area contributed by atoms with Gasteiger partial charge in [-0.25, -0.2) is 15.0 Å². The number of hydrogen-bond acceptors (Lipinski definition) is 9. The zero-order chi connectivity index (χ0) is 23.8. The van der Waals surface area contributed by atoms with E-state index in [-0.39, 0.29) is 0 Å². The number of aryl methyl sites for hydroxylation is 2. The number of rotatable bonds is 6. The Labute approximate surface area is 199 Å². The van der Waals surface area contributed by atoms with Crippen LogP contribution in [-0.2, 0) is 4.79 Å². The first-order chi connectivity index (χ1) is 15.9. The van der Waals surface area contributed by atoms with Crippen LogP contribution in [0.1, 0.15) is 34.9 Å². The molecule has 168 valence electrons. The Balaban J connectivity index is 0.000000235. The maximum absolute atomic E-state index is 9.95. The van der Waals surface area contributed by atoms with Crippen molar-refractivity contribution in [3.8, 4) is 16.6 Å². The first-order valence-corrected chi connectivity index (χ1v) is 11.6. The van der Waals surface area contributed by atoms with Gasteiger partial charge in [0.2, 0.25) is 6.41 Å². The van der Waals surface area contributed by atoms with Crippen molar-refractivity contribution in [1.29, 1.82) is 5.26 Å². The number of benzene rings is 1. The molecule has 10 heteroatoms. The average Bonchev–Trinajstić information content (AvgIpc) is 3.43. The smallest absolute Gasteiger partial charge is 0.211 e. The molecule has 0 fully saturated rings. The topological polar surface area (TPSA) is 124 Å². The van der Waals surface area contributed by atoms with Gasteiger partial charge in [-0.1, -0.05) is 6.07 Å². The van der Waals surface area contributed by atoms with E-state index in [2.05, 4.69) is 25.6 Å². The normalized spacial score (nSPS) is 11.0. The number of amides is 1. The van der Waals surface area contributed by atoms with Crippen LogP contribution in [0.15, 0.2) is 48.0 Å². The van der Waals surface area contributed by atoms with Gasteiger partial charge in [-0.2, -0.15) is 5.26 Å². The summed E-state index contributed by atoms with van der Waals surface area (Å²) >= 11 is 3.01. The summed E-state index contributed by atoms with van der Waals surface area (Å²) in [5.41, 5.74) is 4.17. The molecular formula is C23H22N6O2S2. The van der Waals surface area contributed by atoms with Gasteiger partial charge >= 0.3 is 0 Å². The Morgan fingerprint density at radius 1 is 1.15 bits per heavy atom. The van der Waals surface area contributed by atoms with Gasteiger partial charge in [-0.15, -0.1) is 22.7 Å². The molecule has 1 amide bonds. The van der Waals surface area contributed by atoms with Gasteiger partial charge in [0.15, 0.2) is 5.13 Å². The number of nitrogens with zero attached hydrogens (tertiary/aromatic N) is 4. The van der Waals surface area contributed by atoms with E-state index in [1.54, 1.807) is 31.2 Å². The van der Waals surface area contributed by atoms with Crippen LogP contribution in [-0.4, -0.2) is 26.5 Å². The van der Waals surface area contributed by atoms with Gasteiger partial charge < -0.3 is 15.7 Å². The second-order valence-electron chi connectivity index (χ2n) is 6.98. The van der Waals surface area contributed by atoms with Crippen molar-refractivity contribution in [3.63, 3.8) is 0 Å². The Kier molecular flexibility index (Phi) is 8.21. The lowest BCUT2D eigenvalue weighted by Crippen LogP contribution is -1.92. The molecule has 3 N–H and O–H groups in total. The first-order valence-electron chi connectivity index (χ1n) is 9.91. The summed E-state index contributed by atoms with van der Waals surface area (Å²) in [6.45, 7) is 5.66. The molecule has 1 unspecified atom stereocenters. The third kappa shape index (κ3) is 6.66. The lowest BCUT2D eigenvalue weighted by molar-refractivity contribution is -0.105. The average molecular weight is 479 g/mol. The number of hydrogen-bond donors (Lipinski definition) is 3. The minimum absolute atomic E-state index is 0.551. The quantitative estimate of drug-likeness (QED) is 0.325. The molecule has 4 aromatic rings. The van der Waals surface area contributed by atoms with Crippen molar-refractivity contribution in [3.05, 3.63) is 69.8 Å². The minimum Gasteiger partial charge on any atom is -0.386 e. The highest BCUT2D eigenvalue weighted by molar-refractivity contribution is 7.17. The number of pyridine rings is 1. The number of aliphatic hydroxyl groups excluding tert-OH is 1. The largest absolute Gasteiger partial charge is 0.386 e. The molecule has 0 spiro atoms. The molecule has 1 atom stereocenters. The molecular weight excluding hydrogens is 456 g/mol. The van der Waals surface area contributed by atoms with Crippen LogP contribution in [0.3, 0.4) is 0 Å². The van der Waals surface area contributed by atoms with Crippen LogP contribution in [0.4, 0.5) is 16.6 Å². The highest BCUT2D eigenvalue weighted by Crippen LogP contribution is 2.34. The van der Waals surface area contributed by atoms with E-state index in [1.165, 1.54) is 22.7 Å². The minimum atomic E-state index is -0.551. The third-order valence-corrected chi connectivity index (χ3v) is 6.40. The zero-order valence-electron chi connectivity index (χ0n) is 18.2. The predicted octanol–water partition coefficient (Wildman–Crippen LogP) is 5.20. The second-order valence-corrected chi connectivity index (χ2v) is 8.87. The molecule has 8 nitrogen and oxygen atoms in total. The van der Waals surface area contributed by atoms with Gasteiger partial charge in [-0.3, -0.25) is 4.79 Å². The van der Waals surface area contributed by atoms with Crippen LogP contribution in [0.25, 0.3) is 10.6 Å². The van der Waals surface area contributed by atoms with E-state index >= 15 is 0 Å². The van der Waals surface area contributed by atoms with Gasteiger partial charge in [0.1, 0.15) is 16.9 Å². The van der Waals surface area contributed by atoms with Crippen molar-refractivity contribution in [2.75, 3.05) is 10.6 Å². The Bertz CT molecular complexity index is 1240. The molecule has 0 saturated heterocycles. The molecule has 0 aliphatic heterocycles. The number of carbonyl (C=O) groups excluding carboxylic acids is 1. The van der Waals surface area contributed by atoms with Crippen LogP contribution in [0.5, 0.6) is 0 Å². The number of aromatic nitrogens is 3. The van der Waals surface area contributed by atoms with Gasteiger partial charge in [0.05, 0.1) is 27.9 Å². The fraction of sp³-hybridized carbons (Fsp3) is 0.174. The molecule has 0 aliphatic rings. The molecule has 4 rings (SSSR count). The lowest BCUT2D eigenvalue weighted by atomic mass is 10.2. The number of thiazole rings is 2. The highest BCUT2D eigenvalue weighted by atomic mass is 32.1. The van der Waals surface area contributed by atoms with Crippen molar-refractivity contribution >= 4 is 45.7 Å². The van der Waals surface area contributed by atoms with Crippen LogP contribution in [0.2, 0.25) is 0 Å². The highest BCUT2D eigenvalue weighted by Gasteiger charge is 2.15. The first kappa shape index (κ1) is 24.0. The molecule has 0 aliphatic carbocycles. The standard InChI is InChI=1S/C15H16N4OS2.C8H6N2O/c1-8-4-5-12(16-6-8)19-15-18-11(7-21-15)13-9(2)17-14(22-13)10(3)20;9-5-7-1-3-8(4-2-7)10-6-11/h4-7,10,20H,1-3H3,(H,16,18,19);1-4,6H,(H,10,11). The number of aliphatic hydroxyl groups is 1. The molecule has 1 aromatic carbocycles. The molecule has 3 heterocycles. The summed E-state index contributed by atoms with van der Waals surface area (Å²) in [4.78, 5) is 24.2. The molecule has 0 radical (unpaired) electrons. The maximum atomic E-state index is 9.95. The number of nitriles is 1. The number of anilines is 3. The lowest BCUT2D eigenvalue weighted by Gasteiger charge is -2.01. The summed E-state index contributed by atoms with van der Waals surface area (Å²) in [6, 6.07) is 12.6. The summed E-state index contributed by atoms with van der Waals surface area (Å²) in [6.07, 6.45) is 1.87. The second kappa shape index (κ2) is 11.3. The van der Waals surface area contributed by atoms with Crippen LogP contribution >= 0.6 is 22.7 Å². The van der Waals surface area contributed by atoms with Crippen molar-refractivity contribution in [2.45, 2.75) is 26.9 Å². The predicted molar refractivity (Wildman–Crippen MR) is 132 cm³/mol. The SMILES string of the molecule is Cc1ccc(Nc2nc(-c3sc(C(C)O)nc3C)cs2)nc1.N#Cc1ccc(NC=O)cc1. The molecule has 0 bridgehead atoms. The fourth-order valence-electron chi connectivity index (χ4n) is 2.63. The van der Waals surface area contributed by atoms with Gasteiger partial charge in [0.25, 0.3) is 0 Å². The monoisotopic (exact) mass is 478 g/mol. The fourth-order valence-corrected chi connectivity index (χ4v) is 4.38. The summed E-state index contributed by atoms with van der Waals surface area (Å²) in [5, 5.41) is 27.2. The van der Waals surface area contributed by atoms with Crippen molar-refractivity contribution < 1.29 is 9.90 Å².